The molecule has 13 heteroatoms. The lowest BCUT2D eigenvalue weighted by molar-refractivity contribution is -0.125. The van der Waals surface area contributed by atoms with Crippen LogP contribution in [0.2, 0.25) is 0 Å². The molecular formula is C23H28N8O5. The molecule has 13 nitrogen and oxygen atoms in total. The maximum atomic E-state index is 13.1. The van der Waals surface area contributed by atoms with Crippen LogP contribution in [0.3, 0.4) is 0 Å². The number of nitrogens with two attached hydrogens (primary N) is 3. The zero-order valence-corrected chi connectivity index (χ0v) is 19.4. The third kappa shape index (κ3) is 6.85. The van der Waals surface area contributed by atoms with Crippen molar-refractivity contribution in [3.63, 3.8) is 0 Å². The Morgan fingerprint density at radius 2 is 1.92 bits per heavy atom. The lowest BCUT2D eigenvalue weighted by atomic mass is 10.1. The Bertz CT molecular complexity index is 1200. The fraction of sp³-hybridized carbons (Fsp3) is 0.261. The number of ether oxygens (including phenoxy) is 1. The van der Waals surface area contributed by atoms with Gasteiger partial charge >= 0.3 is 0 Å². The van der Waals surface area contributed by atoms with Crippen molar-refractivity contribution in [2.75, 3.05) is 24.1 Å². The molecule has 0 fully saturated rings. The Kier molecular flexibility index (Phi) is 8.28. The lowest BCUT2D eigenvalue weighted by Crippen LogP contribution is -2.48. The van der Waals surface area contributed by atoms with E-state index in [1.54, 1.807) is 12.1 Å². The Balaban J connectivity index is 1.93. The number of rotatable bonds is 5. The number of nitrogens with one attached hydrogen (secondary N) is 5. The highest BCUT2D eigenvalue weighted by molar-refractivity contribution is 6.02. The zero-order chi connectivity index (χ0) is 26.2. The van der Waals surface area contributed by atoms with Crippen molar-refractivity contribution in [1.29, 1.82) is 5.41 Å². The van der Waals surface area contributed by atoms with E-state index in [1.807, 2.05) is 0 Å². The minimum Gasteiger partial charge on any atom is -0.488 e. The van der Waals surface area contributed by atoms with Gasteiger partial charge in [0.05, 0.1) is 12.1 Å². The first-order valence-corrected chi connectivity index (χ1v) is 11.1. The molecule has 4 amide bonds. The molecule has 2 aromatic rings. The number of benzene rings is 2. The van der Waals surface area contributed by atoms with Gasteiger partial charge in [0.1, 0.15) is 18.4 Å². The van der Waals surface area contributed by atoms with E-state index in [1.165, 1.54) is 24.3 Å². The third-order valence-electron chi connectivity index (χ3n) is 5.33. The third-order valence-corrected chi connectivity index (χ3v) is 5.33. The van der Waals surface area contributed by atoms with Gasteiger partial charge in [-0.15, -0.1) is 0 Å². The van der Waals surface area contributed by atoms with Crippen molar-refractivity contribution in [1.82, 2.24) is 16.0 Å². The van der Waals surface area contributed by atoms with Crippen LogP contribution in [0.5, 0.6) is 5.75 Å². The number of anilines is 2. The van der Waals surface area contributed by atoms with Gasteiger partial charge in [-0.3, -0.25) is 24.6 Å². The molecule has 0 saturated heterocycles. The smallest absolute Gasteiger partial charge is 0.255 e. The van der Waals surface area contributed by atoms with Crippen molar-refractivity contribution >= 4 is 41.0 Å². The summed E-state index contributed by atoms with van der Waals surface area (Å²) in [5.41, 5.74) is 17.9. The molecule has 1 unspecified atom stereocenters. The van der Waals surface area contributed by atoms with Gasteiger partial charge in [-0.25, -0.2) is 0 Å². The number of guanidine groups is 1. The molecule has 36 heavy (non-hydrogen) atoms. The summed E-state index contributed by atoms with van der Waals surface area (Å²) in [5.74, 6) is -2.43. The highest BCUT2D eigenvalue weighted by atomic mass is 16.5. The molecule has 0 aliphatic carbocycles. The van der Waals surface area contributed by atoms with Crippen LogP contribution in [-0.4, -0.2) is 48.7 Å². The van der Waals surface area contributed by atoms with Crippen molar-refractivity contribution in [2.45, 2.75) is 25.5 Å². The molecule has 1 aliphatic rings. The number of carbonyl (C=O) groups excluding carboxylic acids is 4. The molecule has 0 spiro atoms. The number of carbonyl (C=O) groups is 4. The van der Waals surface area contributed by atoms with Gasteiger partial charge in [-0.1, -0.05) is 6.07 Å². The normalized spacial score (nSPS) is 16.1. The second-order valence-corrected chi connectivity index (χ2v) is 8.06. The molecule has 1 atom stereocenters. The number of amides is 4. The highest BCUT2D eigenvalue weighted by Gasteiger charge is 2.24. The van der Waals surface area contributed by atoms with E-state index in [0.29, 0.717) is 24.2 Å². The fourth-order valence-electron chi connectivity index (χ4n) is 3.50. The number of nitrogen functional groups attached to an aromatic ring is 1. The second-order valence-electron chi connectivity index (χ2n) is 8.06. The maximum absolute atomic E-state index is 13.1. The van der Waals surface area contributed by atoms with Crippen LogP contribution in [0.15, 0.2) is 36.4 Å². The van der Waals surface area contributed by atoms with E-state index in [4.69, 9.17) is 27.3 Å². The van der Waals surface area contributed by atoms with Crippen LogP contribution < -0.4 is 43.2 Å². The van der Waals surface area contributed by atoms with E-state index < -0.39 is 29.7 Å². The largest absolute Gasteiger partial charge is 0.488 e. The average Bonchev–Trinajstić information content (AvgIpc) is 2.83. The van der Waals surface area contributed by atoms with Crippen LogP contribution in [0.1, 0.15) is 39.1 Å². The van der Waals surface area contributed by atoms with Gasteiger partial charge in [0, 0.05) is 29.0 Å². The van der Waals surface area contributed by atoms with Crippen molar-refractivity contribution in [3.05, 3.63) is 53.1 Å². The molecule has 0 bridgehead atoms. The summed E-state index contributed by atoms with van der Waals surface area (Å²) >= 11 is 0. The minimum absolute atomic E-state index is 0.0502. The molecule has 190 valence electrons. The van der Waals surface area contributed by atoms with Crippen LogP contribution in [-0.2, 0) is 16.2 Å². The van der Waals surface area contributed by atoms with E-state index in [0.717, 1.165) is 0 Å². The summed E-state index contributed by atoms with van der Waals surface area (Å²) in [6.45, 7) is -0.131. The lowest BCUT2D eigenvalue weighted by Gasteiger charge is -2.21. The molecule has 0 aromatic heterocycles. The highest BCUT2D eigenvalue weighted by Crippen LogP contribution is 2.25. The van der Waals surface area contributed by atoms with Gasteiger partial charge in [0.25, 0.3) is 5.91 Å². The van der Waals surface area contributed by atoms with Gasteiger partial charge in [0.2, 0.25) is 17.7 Å². The van der Waals surface area contributed by atoms with E-state index in [2.05, 4.69) is 21.3 Å². The standard InChI is InChI=1S/C23H28N8O5/c24-14-5-6-18-15(9-14)21(34)31-16(2-1-7-28-23(26)27)22(35)29-10-19(32)30-17-8-12(20(25)33)3-4-13(17)11-36-18/h3-6,8-9,16H,1-2,7,10-11,24H2,(H2,25,33)(H,29,35)(H,30,32)(H,31,34)(H4,26,27,28). The van der Waals surface area contributed by atoms with Crippen molar-refractivity contribution in [2.24, 2.45) is 11.5 Å². The molecule has 11 N–H and O–H groups in total. The summed E-state index contributed by atoms with van der Waals surface area (Å²) in [4.78, 5) is 50.2. The first kappa shape index (κ1) is 25.8. The second kappa shape index (κ2) is 11.6. The van der Waals surface area contributed by atoms with E-state index in [-0.39, 0.29) is 48.1 Å². The number of primary amides is 1. The van der Waals surface area contributed by atoms with Gasteiger partial charge in [-0.05, 0) is 43.2 Å². The van der Waals surface area contributed by atoms with Crippen molar-refractivity contribution < 1.29 is 23.9 Å². The summed E-state index contributed by atoms with van der Waals surface area (Å²) < 4.78 is 5.87. The topological polar surface area (TPSA) is 228 Å². The van der Waals surface area contributed by atoms with Crippen LogP contribution >= 0.6 is 0 Å². The quantitative estimate of drug-likeness (QED) is 0.115. The SMILES string of the molecule is N=C(N)NCCCC1NC(=O)c2cc(N)ccc2OCc2ccc(C(N)=O)cc2NC(=O)CNC1=O. The summed E-state index contributed by atoms with van der Waals surface area (Å²) in [7, 11) is 0. The Labute approximate surface area is 206 Å². The first-order valence-electron chi connectivity index (χ1n) is 11.1. The van der Waals surface area contributed by atoms with E-state index in [9.17, 15) is 19.2 Å². The molecule has 1 aliphatic heterocycles. The summed E-state index contributed by atoms with van der Waals surface area (Å²) in [5, 5.41) is 17.7. The zero-order valence-electron chi connectivity index (χ0n) is 19.4. The molecular weight excluding hydrogens is 468 g/mol. The minimum atomic E-state index is -0.995. The Morgan fingerprint density at radius 3 is 2.64 bits per heavy atom. The maximum Gasteiger partial charge on any atom is 0.255 e. The predicted molar refractivity (Wildman–Crippen MR) is 132 cm³/mol. The summed E-state index contributed by atoms with van der Waals surface area (Å²) in [6.07, 6.45) is 0.594. The molecule has 0 radical (unpaired) electrons. The monoisotopic (exact) mass is 496 g/mol. The van der Waals surface area contributed by atoms with Gasteiger partial charge in [0.15, 0.2) is 5.96 Å². The Morgan fingerprint density at radius 1 is 1.14 bits per heavy atom. The molecule has 1 heterocycles. The van der Waals surface area contributed by atoms with Crippen LogP contribution in [0, 0.1) is 5.41 Å². The van der Waals surface area contributed by atoms with Gasteiger partial charge in [-0.2, -0.15) is 0 Å². The van der Waals surface area contributed by atoms with Crippen LogP contribution in [0.25, 0.3) is 0 Å². The Hall–Kier alpha value is -4.81. The summed E-state index contributed by atoms with van der Waals surface area (Å²) in [6, 6.07) is 8.00. The van der Waals surface area contributed by atoms with Crippen LogP contribution in [0.4, 0.5) is 11.4 Å². The fourth-order valence-corrected chi connectivity index (χ4v) is 3.50. The number of hydrogen-bond acceptors (Lipinski definition) is 7. The predicted octanol–water partition coefficient (Wildman–Crippen LogP) is -0.623. The number of fused-ring (bicyclic) bond motifs is 2. The number of hydrogen-bond donors (Lipinski definition) is 8. The molecule has 0 saturated carbocycles. The van der Waals surface area contributed by atoms with Gasteiger partial charge < -0.3 is 43.2 Å². The van der Waals surface area contributed by atoms with Crippen molar-refractivity contribution in [3.8, 4) is 5.75 Å². The van der Waals surface area contributed by atoms with E-state index >= 15 is 0 Å². The molecule has 3 rings (SSSR count). The molecule has 2 aromatic carbocycles. The first-order chi connectivity index (χ1) is 17.1. The average molecular weight is 497 g/mol.